The fourth-order valence-corrected chi connectivity index (χ4v) is 11.5. The molecule has 0 aromatic rings. The van der Waals surface area contributed by atoms with Gasteiger partial charge in [0.15, 0.2) is 12.2 Å². The normalized spacial score (nSPS) is 14.7. The van der Waals surface area contributed by atoms with Gasteiger partial charge in [-0.25, -0.2) is 9.13 Å². The molecule has 0 radical (unpaired) electrons. The van der Waals surface area contributed by atoms with Crippen LogP contribution in [-0.4, -0.2) is 96.7 Å². The zero-order valence-electron chi connectivity index (χ0n) is 65.8. The van der Waals surface area contributed by atoms with E-state index in [2.05, 4.69) is 161 Å². The van der Waals surface area contributed by atoms with Crippen molar-refractivity contribution in [2.75, 3.05) is 39.6 Å². The Morgan fingerprint density at radius 3 is 0.821 bits per heavy atom. The number of allylic oxidation sites excluding steroid dienone is 28. The van der Waals surface area contributed by atoms with E-state index < -0.39 is 97.5 Å². The fraction of sp³-hybridized carbons (Fsp3) is 0.632. The lowest BCUT2D eigenvalue weighted by molar-refractivity contribution is -0.161. The largest absolute Gasteiger partial charge is 0.472 e. The van der Waals surface area contributed by atoms with Crippen LogP contribution >= 0.6 is 15.6 Å². The predicted octanol–water partition coefficient (Wildman–Crippen LogP) is 23.8. The molecule has 3 N–H and O–H groups in total. The molecule has 0 saturated carbocycles. The number of esters is 4. The van der Waals surface area contributed by atoms with Crippen molar-refractivity contribution in [3.63, 3.8) is 0 Å². The van der Waals surface area contributed by atoms with E-state index in [9.17, 15) is 43.2 Å². The van der Waals surface area contributed by atoms with E-state index in [0.717, 1.165) is 116 Å². The molecule has 106 heavy (non-hydrogen) atoms. The third-order valence-corrected chi connectivity index (χ3v) is 18.1. The Morgan fingerprint density at radius 1 is 0.274 bits per heavy atom. The SMILES string of the molecule is CCCCC/C=C\C/C=C\C/C=C\C/C=C\CCCC(=O)OC[C@H](COP(=O)(O)OC[C@H](O)COP(=O)(O)OC[C@@H](COC(=O)CCCCCCC/C=C\C=C/CCCCCC)OC(=O)CCC/C=C\C/C=C\C/C=C\C/C=C\CCCCC)OC(=O)CCC/C=C\C/C=C\C/C=C\C/C=C\CCCCC. The van der Waals surface area contributed by atoms with Crippen LogP contribution < -0.4 is 0 Å². The topological polar surface area (TPSA) is 237 Å². The summed E-state index contributed by atoms with van der Waals surface area (Å²) in [5.74, 6) is -2.40. The number of phosphoric ester groups is 2. The Labute approximate surface area is 642 Å². The Hall–Kier alpha value is -5.58. The zero-order valence-corrected chi connectivity index (χ0v) is 67.6. The lowest BCUT2D eigenvalue weighted by atomic mass is 10.1. The minimum Gasteiger partial charge on any atom is -0.462 e. The summed E-state index contributed by atoms with van der Waals surface area (Å²) in [6.45, 7) is 4.55. The molecule has 0 rings (SSSR count). The van der Waals surface area contributed by atoms with E-state index in [4.69, 9.17) is 37.0 Å². The molecular weight excluding hydrogens is 1380 g/mol. The van der Waals surface area contributed by atoms with Gasteiger partial charge in [-0.2, -0.15) is 0 Å². The quantitative estimate of drug-likeness (QED) is 0.0128. The van der Waals surface area contributed by atoms with E-state index in [1.54, 1.807) is 0 Å². The Morgan fingerprint density at radius 2 is 0.500 bits per heavy atom. The first kappa shape index (κ1) is 100. The van der Waals surface area contributed by atoms with E-state index in [-0.39, 0.29) is 25.7 Å². The highest BCUT2D eigenvalue weighted by Gasteiger charge is 2.30. The number of hydrogen-bond acceptors (Lipinski definition) is 15. The maximum absolute atomic E-state index is 13.1. The molecule has 0 aliphatic carbocycles. The zero-order chi connectivity index (χ0) is 77.4. The van der Waals surface area contributed by atoms with Crippen molar-refractivity contribution < 1.29 is 80.2 Å². The fourth-order valence-electron chi connectivity index (χ4n) is 9.95. The second-order valence-electron chi connectivity index (χ2n) is 26.3. The van der Waals surface area contributed by atoms with Gasteiger partial charge in [0.05, 0.1) is 26.4 Å². The minimum absolute atomic E-state index is 0.000344. The molecule has 0 bridgehead atoms. The van der Waals surface area contributed by atoms with Gasteiger partial charge in [-0.15, -0.1) is 0 Å². The van der Waals surface area contributed by atoms with Gasteiger partial charge in [-0.05, 0) is 167 Å². The van der Waals surface area contributed by atoms with Crippen molar-refractivity contribution in [3.8, 4) is 0 Å². The van der Waals surface area contributed by atoms with Crippen LogP contribution in [0.1, 0.15) is 297 Å². The lowest BCUT2D eigenvalue weighted by Crippen LogP contribution is -2.30. The molecule has 0 amide bonds. The van der Waals surface area contributed by atoms with Crippen LogP contribution in [0, 0.1) is 0 Å². The third-order valence-electron chi connectivity index (χ3n) is 16.2. The summed E-state index contributed by atoms with van der Waals surface area (Å²) in [6.07, 6.45) is 92.1. The van der Waals surface area contributed by atoms with Crippen LogP contribution in [0.2, 0.25) is 0 Å². The smallest absolute Gasteiger partial charge is 0.462 e. The lowest BCUT2D eigenvalue weighted by Gasteiger charge is -2.21. The first-order valence-corrected chi connectivity index (χ1v) is 43.4. The summed E-state index contributed by atoms with van der Waals surface area (Å²) in [6, 6.07) is 0. The van der Waals surface area contributed by atoms with Crippen molar-refractivity contribution in [2.45, 2.75) is 316 Å². The molecule has 19 heteroatoms. The minimum atomic E-state index is -5.02. The molecule has 0 heterocycles. The summed E-state index contributed by atoms with van der Waals surface area (Å²) in [7, 11) is -10.0. The summed E-state index contributed by atoms with van der Waals surface area (Å²) >= 11 is 0. The van der Waals surface area contributed by atoms with Gasteiger partial charge >= 0.3 is 39.5 Å². The van der Waals surface area contributed by atoms with E-state index in [0.29, 0.717) is 44.9 Å². The van der Waals surface area contributed by atoms with Crippen molar-refractivity contribution in [1.82, 2.24) is 0 Å². The van der Waals surface area contributed by atoms with Crippen molar-refractivity contribution in [1.29, 1.82) is 0 Å². The van der Waals surface area contributed by atoms with Crippen LogP contribution in [0.15, 0.2) is 170 Å². The van der Waals surface area contributed by atoms with E-state index >= 15 is 0 Å². The molecule has 0 aromatic heterocycles. The predicted molar refractivity (Wildman–Crippen MR) is 436 cm³/mol. The first-order chi connectivity index (χ1) is 51.7. The summed E-state index contributed by atoms with van der Waals surface area (Å²) in [5, 5.41) is 10.6. The number of carbonyl (C=O) groups excluding carboxylic acids is 4. The van der Waals surface area contributed by atoms with Crippen LogP contribution in [0.5, 0.6) is 0 Å². The highest BCUT2D eigenvalue weighted by Crippen LogP contribution is 2.45. The number of phosphoric acid groups is 2. The molecule has 0 saturated heterocycles. The second kappa shape index (κ2) is 77.6. The molecule has 17 nitrogen and oxygen atoms in total. The number of hydrogen-bond donors (Lipinski definition) is 3. The monoisotopic (exact) mass is 1520 g/mol. The van der Waals surface area contributed by atoms with Gasteiger partial charge in [-0.1, -0.05) is 275 Å². The van der Waals surface area contributed by atoms with Crippen LogP contribution in [-0.2, 0) is 65.4 Å². The molecular formula is C87H142O17P2. The van der Waals surface area contributed by atoms with Gasteiger partial charge in [0, 0.05) is 25.7 Å². The Balaban J connectivity index is 5.55. The highest BCUT2D eigenvalue weighted by molar-refractivity contribution is 7.47. The van der Waals surface area contributed by atoms with Gasteiger partial charge in [0.2, 0.25) is 0 Å². The van der Waals surface area contributed by atoms with E-state index in [1.165, 1.54) is 83.5 Å². The highest BCUT2D eigenvalue weighted by atomic mass is 31.2. The molecule has 0 spiro atoms. The molecule has 0 aromatic carbocycles. The summed E-state index contributed by atoms with van der Waals surface area (Å²) < 4.78 is 68.4. The maximum Gasteiger partial charge on any atom is 0.472 e. The van der Waals surface area contributed by atoms with E-state index in [1.807, 2.05) is 36.5 Å². The number of carbonyl (C=O) groups is 4. The summed E-state index contributed by atoms with van der Waals surface area (Å²) in [4.78, 5) is 73.0. The number of aliphatic hydroxyl groups excluding tert-OH is 1. The van der Waals surface area contributed by atoms with Crippen LogP contribution in [0.25, 0.3) is 0 Å². The van der Waals surface area contributed by atoms with Crippen molar-refractivity contribution >= 4 is 39.5 Å². The standard InChI is InChI=1S/C87H142O17P2/c1-5-9-13-17-21-25-29-33-37-40-44-48-52-56-60-64-68-72-85(90)98-78-83(104-87(92)74-70-66-62-58-54-50-46-42-39-35-31-27-23-19-15-11-7-3)80-102-106(95,96)100-76-81(88)75-99-105(93,94)101-79-82(77-97-84(89)71-67-63-59-55-51-47-43-36-32-28-24-20-16-12-8-4)103-86(91)73-69-65-61-57-53-49-45-41-38-34-30-26-22-18-14-10-6-2/h21-23,25-28,32-39,43-46,48-50,56-58,60-62,81-83,88H,5-20,24,29-31,40-42,47,51-55,59,63-80H2,1-4H3,(H,93,94)(H,95,96)/b25-21-,26-22-,27-23-,32-28-,37-33-,38-34-,39-35-,43-36-,48-44-,49-45-,50-46-,60-56-,61-57-,62-58-/t81-,82-,83-/m1/s1. The van der Waals surface area contributed by atoms with Gasteiger partial charge in [0.1, 0.15) is 19.3 Å². The third kappa shape index (κ3) is 76.6. The first-order valence-electron chi connectivity index (χ1n) is 40.4. The number of rotatable bonds is 74. The van der Waals surface area contributed by atoms with Gasteiger partial charge < -0.3 is 33.8 Å². The average molecular weight is 1520 g/mol. The van der Waals surface area contributed by atoms with Crippen LogP contribution in [0.4, 0.5) is 0 Å². The second-order valence-corrected chi connectivity index (χ2v) is 29.2. The van der Waals surface area contributed by atoms with Gasteiger partial charge in [-0.3, -0.25) is 37.3 Å². The molecule has 2 unspecified atom stereocenters. The average Bonchev–Trinajstić information content (AvgIpc) is 0.905. The molecule has 0 fully saturated rings. The maximum atomic E-state index is 13.1. The number of unbranched alkanes of at least 4 members (excludes halogenated alkanes) is 21. The van der Waals surface area contributed by atoms with Gasteiger partial charge in [0.25, 0.3) is 0 Å². The van der Waals surface area contributed by atoms with Crippen molar-refractivity contribution in [2.24, 2.45) is 0 Å². The molecule has 5 atom stereocenters. The summed E-state index contributed by atoms with van der Waals surface area (Å²) in [5.41, 5.74) is 0. The van der Waals surface area contributed by atoms with Crippen molar-refractivity contribution in [3.05, 3.63) is 170 Å². The van der Waals surface area contributed by atoms with Crippen LogP contribution in [0.3, 0.4) is 0 Å². The molecule has 0 aliphatic rings. The Bertz CT molecular complexity index is 2680. The Kier molecular flexibility index (Phi) is 73.5. The number of aliphatic hydroxyl groups is 1. The number of ether oxygens (including phenoxy) is 4. The molecule has 0 aliphatic heterocycles. The molecule has 602 valence electrons.